The van der Waals surface area contributed by atoms with E-state index >= 15 is 0 Å². The lowest BCUT2D eigenvalue weighted by atomic mass is 10.1. The van der Waals surface area contributed by atoms with E-state index < -0.39 is 0 Å². The fraction of sp³-hybridized carbons (Fsp3) is 0.316. The van der Waals surface area contributed by atoms with Crippen LogP contribution in [-0.4, -0.2) is 42.2 Å². The van der Waals surface area contributed by atoms with Crippen molar-refractivity contribution in [2.75, 3.05) is 36.5 Å². The minimum Gasteiger partial charge on any atom is -0.378 e. The third-order valence-electron chi connectivity index (χ3n) is 4.44. The van der Waals surface area contributed by atoms with Crippen LogP contribution in [0.2, 0.25) is 0 Å². The lowest BCUT2D eigenvalue weighted by molar-refractivity contribution is 0.102. The summed E-state index contributed by atoms with van der Waals surface area (Å²) in [5.41, 5.74) is 3.22. The summed E-state index contributed by atoms with van der Waals surface area (Å²) in [6.07, 6.45) is 2.53. The van der Waals surface area contributed by atoms with Crippen LogP contribution in [0.4, 0.5) is 11.5 Å². The number of carbonyl (C=O) groups excluding carboxylic acids is 1. The van der Waals surface area contributed by atoms with Gasteiger partial charge in [0.2, 0.25) is 0 Å². The Morgan fingerprint density at radius 1 is 1.27 bits per heavy atom. The number of thiazole rings is 1. The number of hydrogen-bond donors (Lipinski definition) is 1. The van der Waals surface area contributed by atoms with E-state index in [9.17, 15) is 4.79 Å². The maximum absolute atomic E-state index is 12.6. The number of nitrogens with zero attached hydrogens (tertiary/aromatic N) is 3. The molecule has 1 aliphatic rings. The molecule has 1 aromatic carbocycles. The average molecular weight is 368 g/mol. The van der Waals surface area contributed by atoms with E-state index in [4.69, 9.17) is 4.74 Å². The molecular weight excluding hydrogens is 348 g/mol. The van der Waals surface area contributed by atoms with Crippen molar-refractivity contribution in [3.8, 4) is 0 Å². The predicted octanol–water partition coefficient (Wildman–Crippen LogP) is 3.34. The van der Waals surface area contributed by atoms with Gasteiger partial charge in [-0.05, 0) is 30.2 Å². The third-order valence-corrected chi connectivity index (χ3v) is 5.52. The van der Waals surface area contributed by atoms with Crippen molar-refractivity contribution >= 4 is 39.0 Å². The second kappa shape index (κ2) is 7.39. The summed E-state index contributed by atoms with van der Waals surface area (Å²) in [5, 5.41) is 3.28. The number of benzene rings is 1. The highest BCUT2D eigenvalue weighted by molar-refractivity contribution is 7.21. The Morgan fingerprint density at radius 3 is 2.85 bits per heavy atom. The first-order valence-electron chi connectivity index (χ1n) is 8.73. The topological polar surface area (TPSA) is 67.3 Å². The molecule has 134 valence electrons. The van der Waals surface area contributed by atoms with Crippen molar-refractivity contribution in [1.82, 2.24) is 9.97 Å². The molecule has 0 atom stereocenters. The molecule has 0 aliphatic carbocycles. The number of rotatable bonds is 4. The third kappa shape index (κ3) is 3.27. The van der Waals surface area contributed by atoms with Gasteiger partial charge in [0.25, 0.3) is 5.91 Å². The smallest absolute Gasteiger partial charge is 0.285 e. The van der Waals surface area contributed by atoms with Crippen molar-refractivity contribution in [3.05, 3.63) is 47.1 Å². The summed E-state index contributed by atoms with van der Waals surface area (Å²) in [6.45, 7) is 5.27. The summed E-state index contributed by atoms with van der Waals surface area (Å²) in [4.78, 5) is 23.7. The molecule has 1 fully saturated rings. The first-order chi connectivity index (χ1) is 12.8. The minimum atomic E-state index is -0.222. The summed E-state index contributed by atoms with van der Waals surface area (Å²) >= 11 is 1.44. The molecule has 26 heavy (non-hydrogen) atoms. The Hall–Kier alpha value is -2.51. The maximum atomic E-state index is 12.6. The molecule has 3 aromatic rings. The van der Waals surface area contributed by atoms with E-state index in [1.165, 1.54) is 11.3 Å². The molecule has 1 N–H and O–H groups in total. The van der Waals surface area contributed by atoms with Gasteiger partial charge in [-0.3, -0.25) is 4.79 Å². The summed E-state index contributed by atoms with van der Waals surface area (Å²) in [5.74, 6) is 0.306. The van der Waals surface area contributed by atoms with E-state index in [-0.39, 0.29) is 5.91 Å². The van der Waals surface area contributed by atoms with Crippen molar-refractivity contribution in [2.24, 2.45) is 0 Å². The van der Waals surface area contributed by atoms with Gasteiger partial charge in [0.15, 0.2) is 5.01 Å². The van der Waals surface area contributed by atoms with Crippen LogP contribution in [0.5, 0.6) is 0 Å². The molecule has 6 nitrogen and oxygen atoms in total. The Bertz CT molecular complexity index is 920. The summed E-state index contributed by atoms with van der Waals surface area (Å²) in [6, 6.07) is 9.68. The van der Waals surface area contributed by atoms with Crippen LogP contribution in [0.3, 0.4) is 0 Å². The van der Waals surface area contributed by atoms with Gasteiger partial charge in [0.05, 0.1) is 29.1 Å². The van der Waals surface area contributed by atoms with Crippen LogP contribution in [0.15, 0.2) is 36.5 Å². The predicted molar refractivity (Wildman–Crippen MR) is 104 cm³/mol. The zero-order valence-corrected chi connectivity index (χ0v) is 15.4. The SMILES string of the molecule is CCc1ccc(N2CCOCC2)c2sc(C(=O)Nc3ccccn3)nc12. The highest BCUT2D eigenvalue weighted by Gasteiger charge is 2.20. The van der Waals surface area contributed by atoms with Gasteiger partial charge in [-0.1, -0.05) is 19.1 Å². The normalized spacial score (nSPS) is 14.6. The molecule has 3 heterocycles. The number of hydrogen-bond acceptors (Lipinski definition) is 6. The molecule has 0 bridgehead atoms. The maximum Gasteiger partial charge on any atom is 0.285 e. The molecule has 0 radical (unpaired) electrons. The number of amides is 1. The molecule has 0 spiro atoms. The van der Waals surface area contributed by atoms with Crippen LogP contribution >= 0.6 is 11.3 Å². The Kier molecular flexibility index (Phi) is 4.81. The first-order valence-corrected chi connectivity index (χ1v) is 9.55. The molecule has 1 saturated heterocycles. The van der Waals surface area contributed by atoms with Gasteiger partial charge >= 0.3 is 0 Å². The van der Waals surface area contributed by atoms with Gasteiger partial charge in [0, 0.05) is 19.3 Å². The van der Waals surface area contributed by atoms with Crippen LogP contribution in [0.1, 0.15) is 22.3 Å². The van der Waals surface area contributed by atoms with Crippen LogP contribution in [0, 0.1) is 0 Å². The Labute approximate surface area is 155 Å². The molecule has 2 aromatic heterocycles. The highest BCUT2D eigenvalue weighted by Crippen LogP contribution is 2.35. The molecule has 1 aliphatic heterocycles. The largest absolute Gasteiger partial charge is 0.378 e. The van der Waals surface area contributed by atoms with E-state index in [0.29, 0.717) is 10.8 Å². The number of nitrogens with one attached hydrogen (secondary N) is 1. The van der Waals surface area contributed by atoms with Gasteiger partial charge in [0.1, 0.15) is 5.82 Å². The molecule has 0 unspecified atom stereocenters. The summed E-state index contributed by atoms with van der Waals surface area (Å²) in [7, 11) is 0. The van der Waals surface area contributed by atoms with Crippen LogP contribution < -0.4 is 10.2 Å². The molecule has 4 rings (SSSR count). The Balaban J connectivity index is 1.71. The number of ether oxygens (including phenoxy) is 1. The van der Waals surface area contributed by atoms with E-state index in [2.05, 4.69) is 39.2 Å². The van der Waals surface area contributed by atoms with Gasteiger partial charge in [-0.25, -0.2) is 9.97 Å². The Morgan fingerprint density at radius 2 is 2.12 bits per heavy atom. The number of fused-ring (bicyclic) bond motifs is 1. The lowest BCUT2D eigenvalue weighted by Crippen LogP contribution is -2.36. The monoisotopic (exact) mass is 368 g/mol. The molecule has 1 amide bonds. The molecular formula is C19H20N4O2S. The zero-order chi connectivity index (χ0) is 17.9. The van der Waals surface area contributed by atoms with Gasteiger partial charge in [-0.2, -0.15) is 0 Å². The van der Waals surface area contributed by atoms with Crippen molar-refractivity contribution < 1.29 is 9.53 Å². The second-order valence-electron chi connectivity index (χ2n) is 6.06. The number of aromatic nitrogens is 2. The van der Waals surface area contributed by atoms with Crippen molar-refractivity contribution in [2.45, 2.75) is 13.3 Å². The number of anilines is 2. The standard InChI is InChI=1S/C19H20N4O2S/c1-2-13-6-7-14(23-9-11-25-12-10-23)17-16(13)22-19(26-17)18(24)21-15-5-3-4-8-20-15/h3-8H,2,9-12H2,1H3,(H,20,21,24). The second-order valence-corrected chi connectivity index (χ2v) is 7.06. The number of morpholine rings is 1. The van der Waals surface area contributed by atoms with E-state index in [1.54, 1.807) is 12.3 Å². The van der Waals surface area contributed by atoms with E-state index in [0.717, 1.165) is 54.2 Å². The van der Waals surface area contributed by atoms with E-state index in [1.807, 2.05) is 12.1 Å². The fourth-order valence-electron chi connectivity index (χ4n) is 3.09. The summed E-state index contributed by atoms with van der Waals surface area (Å²) < 4.78 is 6.53. The van der Waals surface area contributed by atoms with Crippen LogP contribution in [0.25, 0.3) is 10.2 Å². The number of pyridine rings is 1. The first kappa shape index (κ1) is 16.9. The lowest BCUT2D eigenvalue weighted by Gasteiger charge is -2.29. The quantitative estimate of drug-likeness (QED) is 0.765. The zero-order valence-electron chi connectivity index (χ0n) is 14.6. The number of aryl methyl sites for hydroxylation is 1. The molecule has 7 heteroatoms. The van der Waals surface area contributed by atoms with Crippen molar-refractivity contribution in [1.29, 1.82) is 0 Å². The van der Waals surface area contributed by atoms with Crippen molar-refractivity contribution in [3.63, 3.8) is 0 Å². The number of carbonyl (C=O) groups is 1. The molecule has 0 saturated carbocycles. The van der Waals surface area contributed by atoms with Gasteiger partial charge < -0.3 is 15.0 Å². The average Bonchev–Trinajstić information content (AvgIpc) is 3.14. The van der Waals surface area contributed by atoms with Crippen LogP contribution in [-0.2, 0) is 11.2 Å². The minimum absolute atomic E-state index is 0.222. The highest BCUT2D eigenvalue weighted by atomic mass is 32.1. The fourth-order valence-corrected chi connectivity index (χ4v) is 4.14. The van der Waals surface area contributed by atoms with Gasteiger partial charge in [-0.15, -0.1) is 11.3 Å².